The van der Waals surface area contributed by atoms with Crippen molar-refractivity contribution < 1.29 is 9.53 Å². The molecule has 4 heterocycles. The molecule has 8 nitrogen and oxygen atoms in total. The van der Waals surface area contributed by atoms with Crippen molar-refractivity contribution in [2.45, 2.75) is 64.1 Å². The van der Waals surface area contributed by atoms with Crippen LogP contribution in [-0.2, 0) is 11.3 Å². The van der Waals surface area contributed by atoms with Gasteiger partial charge in [0.15, 0.2) is 0 Å². The van der Waals surface area contributed by atoms with Crippen LogP contribution in [0.25, 0.3) is 16.7 Å². The van der Waals surface area contributed by atoms with Crippen molar-refractivity contribution >= 4 is 22.6 Å². The van der Waals surface area contributed by atoms with Gasteiger partial charge in [0.05, 0.1) is 23.6 Å². The summed E-state index contributed by atoms with van der Waals surface area (Å²) >= 11 is 0. The zero-order valence-corrected chi connectivity index (χ0v) is 17.7. The largest absolute Gasteiger partial charge is 0.376 e. The van der Waals surface area contributed by atoms with Crippen molar-refractivity contribution in [1.29, 1.82) is 5.41 Å². The monoisotopic (exact) mass is 421 g/mol. The van der Waals surface area contributed by atoms with E-state index < -0.39 is 0 Å². The number of nitrogens with one attached hydrogen (secondary N) is 2. The normalized spacial score (nSPS) is 19.5. The van der Waals surface area contributed by atoms with Gasteiger partial charge < -0.3 is 14.6 Å². The Hall–Kier alpha value is -3.00. The first-order valence-electron chi connectivity index (χ1n) is 11.1. The van der Waals surface area contributed by atoms with E-state index in [0.29, 0.717) is 29.8 Å². The number of amides is 1. The minimum atomic E-state index is -0.298. The predicted molar refractivity (Wildman–Crippen MR) is 116 cm³/mol. The summed E-state index contributed by atoms with van der Waals surface area (Å²) in [4.78, 5) is 31.2. The molecule has 162 valence electrons. The van der Waals surface area contributed by atoms with Gasteiger partial charge in [0.25, 0.3) is 11.5 Å². The molecular weight excluding hydrogens is 394 g/mol. The lowest BCUT2D eigenvalue weighted by Crippen LogP contribution is -2.39. The number of rotatable bonds is 4. The molecule has 2 aliphatic rings. The quantitative estimate of drug-likeness (QED) is 0.631. The van der Waals surface area contributed by atoms with E-state index in [4.69, 9.17) is 15.1 Å². The number of hydrogen-bond acceptors (Lipinski definition) is 5. The second-order valence-corrected chi connectivity index (χ2v) is 8.65. The fourth-order valence-electron chi connectivity index (χ4n) is 4.77. The van der Waals surface area contributed by atoms with Crippen LogP contribution in [0.2, 0.25) is 0 Å². The Kier molecular flexibility index (Phi) is 5.09. The van der Waals surface area contributed by atoms with Crippen LogP contribution in [0.15, 0.2) is 29.2 Å². The molecule has 3 aromatic rings. The van der Waals surface area contributed by atoms with Gasteiger partial charge >= 0.3 is 0 Å². The van der Waals surface area contributed by atoms with E-state index in [9.17, 15) is 9.59 Å². The first kappa shape index (κ1) is 19.9. The molecular formula is C23H27N5O3. The van der Waals surface area contributed by atoms with E-state index in [2.05, 4.69) is 5.32 Å². The molecule has 0 aromatic carbocycles. The molecule has 3 aromatic heterocycles. The summed E-state index contributed by atoms with van der Waals surface area (Å²) in [5.41, 5.74) is 1.91. The van der Waals surface area contributed by atoms with E-state index in [1.54, 1.807) is 10.8 Å². The summed E-state index contributed by atoms with van der Waals surface area (Å²) in [6, 6.07) is 5.39. The molecule has 0 unspecified atom stereocenters. The number of hydrogen-bond donors (Lipinski definition) is 2. The van der Waals surface area contributed by atoms with Gasteiger partial charge in [-0.2, -0.15) is 0 Å². The van der Waals surface area contributed by atoms with Crippen molar-refractivity contribution in [3.05, 3.63) is 51.4 Å². The number of nitrogens with zero attached hydrogens (tertiary/aromatic N) is 3. The van der Waals surface area contributed by atoms with Gasteiger partial charge in [-0.3, -0.25) is 19.4 Å². The van der Waals surface area contributed by atoms with Gasteiger partial charge in [-0.25, -0.2) is 4.98 Å². The van der Waals surface area contributed by atoms with Crippen molar-refractivity contribution in [3.8, 4) is 0 Å². The Morgan fingerprint density at radius 3 is 2.81 bits per heavy atom. The van der Waals surface area contributed by atoms with Crippen molar-refractivity contribution in [1.82, 2.24) is 19.3 Å². The smallest absolute Gasteiger partial charge is 0.267 e. The third-order valence-electron chi connectivity index (χ3n) is 6.48. The van der Waals surface area contributed by atoms with E-state index in [-0.39, 0.29) is 34.7 Å². The molecule has 1 atom stereocenters. The average molecular weight is 422 g/mol. The summed E-state index contributed by atoms with van der Waals surface area (Å²) in [5.74, 6) is -0.298. The lowest BCUT2D eigenvalue weighted by molar-refractivity contribution is 0.0921. The lowest BCUT2D eigenvalue weighted by Gasteiger charge is -2.18. The number of ether oxygens (including phenoxy) is 1. The second kappa shape index (κ2) is 7.92. The summed E-state index contributed by atoms with van der Waals surface area (Å²) in [7, 11) is 0. The number of carbonyl (C=O) groups is 1. The van der Waals surface area contributed by atoms with Gasteiger partial charge in [-0.1, -0.05) is 18.9 Å². The van der Waals surface area contributed by atoms with E-state index in [0.717, 1.165) is 44.1 Å². The molecule has 2 fully saturated rings. The maximum atomic E-state index is 13.3. The topological polar surface area (TPSA) is 101 Å². The van der Waals surface area contributed by atoms with Crippen LogP contribution in [0.1, 0.15) is 54.4 Å². The van der Waals surface area contributed by atoms with E-state index in [1.165, 1.54) is 10.5 Å². The van der Waals surface area contributed by atoms with Crippen LogP contribution >= 0.6 is 0 Å². The molecule has 31 heavy (non-hydrogen) atoms. The molecule has 1 saturated heterocycles. The molecule has 0 spiro atoms. The van der Waals surface area contributed by atoms with Gasteiger partial charge in [0.2, 0.25) is 0 Å². The zero-order valence-electron chi connectivity index (χ0n) is 17.7. The Bertz CT molecular complexity index is 1280. The molecule has 1 amide bonds. The van der Waals surface area contributed by atoms with Gasteiger partial charge in [-0.15, -0.1) is 0 Å². The summed E-state index contributed by atoms with van der Waals surface area (Å²) in [5, 5.41) is 12.2. The highest BCUT2D eigenvalue weighted by atomic mass is 16.5. The number of aryl methyl sites for hydroxylation is 1. The molecule has 0 bridgehead atoms. The molecule has 1 saturated carbocycles. The minimum absolute atomic E-state index is 0.0532. The van der Waals surface area contributed by atoms with Gasteiger partial charge in [-0.05, 0) is 50.3 Å². The molecule has 5 rings (SSSR count). The summed E-state index contributed by atoms with van der Waals surface area (Å²) in [6.45, 7) is 2.99. The highest BCUT2D eigenvalue weighted by Crippen LogP contribution is 2.20. The SMILES string of the molecule is Cc1cccn2c(=O)c3cc(C(=O)NC4CCCC4)c(=N)n(C[C@H]4CCCO4)c3nc12. The van der Waals surface area contributed by atoms with E-state index >= 15 is 0 Å². The van der Waals surface area contributed by atoms with Gasteiger partial charge in [0.1, 0.15) is 16.8 Å². The highest BCUT2D eigenvalue weighted by Gasteiger charge is 2.24. The lowest BCUT2D eigenvalue weighted by atomic mass is 10.1. The molecule has 0 radical (unpaired) electrons. The third-order valence-corrected chi connectivity index (χ3v) is 6.48. The van der Waals surface area contributed by atoms with Crippen LogP contribution in [0.5, 0.6) is 0 Å². The molecule has 8 heteroatoms. The highest BCUT2D eigenvalue weighted by molar-refractivity contribution is 5.97. The Morgan fingerprint density at radius 2 is 2.06 bits per heavy atom. The Balaban J connectivity index is 1.72. The van der Waals surface area contributed by atoms with Crippen molar-refractivity contribution in [2.24, 2.45) is 0 Å². The zero-order chi connectivity index (χ0) is 21.5. The fraction of sp³-hybridized carbons (Fsp3) is 0.478. The Labute approximate surface area is 179 Å². The van der Waals surface area contributed by atoms with Crippen LogP contribution in [0.3, 0.4) is 0 Å². The standard InChI is InChI=1S/C23H27N5O3/c1-14-6-4-10-27-20(14)26-21-18(23(27)30)12-17(22(29)25-15-7-2-3-8-15)19(24)28(21)13-16-9-5-11-31-16/h4,6,10,12,15-16,24H,2-3,5,7-9,11,13H2,1H3,(H,25,29)/t16-/m1/s1. The predicted octanol–water partition coefficient (Wildman–Crippen LogP) is 2.29. The van der Waals surface area contributed by atoms with Crippen LogP contribution in [-0.4, -0.2) is 38.6 Å². The third kappa shape index (κ3) is 3.54. The fourth-order valence-corrected chi connectivity index (χ4v) is 4.77. The van der Waals surface area contributed by atoms with Crippen molar-refractivity contribution in [3.63, 3.8) is 0 Å². The van der Waals surface area contributed by atoms with Crippen LogP contribution in [0, 0.1) is 12.3 Å². The van der Waals surface area contributed by atoms with E-state index in [1.807, 2.05) is 19.1 Å². The summed E-state index contributed by atoms with van der Waals surface area (Å²) in [6.07, 6.45) is 7.61. The number of fused-ring (bicyclic) bond motifs is 2. The van der Waals surface area contributed by atoms with Crippen LogP contribution < -0.4 is 16.4 Å². The summed E-state index contributed by atoms with van der Waals surface area (Å²) < 4.78 is 8.99. The average Bonchev–Trinajstić information content (AvgIpc) is 3.45. The maximum absolute atomic E-state index is 13.3. The van der Waals surface area contributed by atoms with Crippen molar-refractivity contribution in [2.75, 3.05) is 6.61 Å². The first-order valence-corrected chi connectivity index (χ1v) is 11.1. The minimum Gasteiger partial charge on any atom is -0.376 e. The first-order chi connectivity index (χ1) is 15.0. The van der Waals surface area contributed by atoms with Gasteiger partial charge in [0, 0.05) is 18.8 Å². The number of aromatic nitrogens is 3. The molecule has 2 N–H and O–H groups in total. The van der Waals surface area contributed by atoms with Crippen LogP contribution in [0.4, 0.5) is 0 Å². The second-order valence-electron chi connectivity index (χ2n) is 8.65. The molecule has 1 aliphatic carbocycles. The maximum Gasteiger partial charge on any atom is 0.267 e. The number of pyridine rings is 2. The number of carbonyl (C=O) groups excluding carboxylic acids is 1. The molecule has 1 aliphatic heterocycles. The Morgan fingerprint density at radius 1 is 1.26 bits per heavy atom.